The van der Waals surface area contributed by atoms with E-state index in [1.165, 1.54) is 4.31 Å². The third-order valence-corrected chi connectivity index (χ3v) is 5.07. The van der Waals surface area contributed by atoms with Gasteiger partial charge in [-0.25, -0.2) is 8.42 Å². The number of rotatable bonds is 6. The Bertz CT molecular complexity index is 942. The van der Waals surface area contributed by atoms with Crippen LogP contribution in [0.5, 0.6) is 0 Å². The molecule has 2 aromatic rings. The van der Waals surface area contributed by atoms with Crippen LogP contribution in [0.15, 0.2) is 42.5 Å². The molecule has 0 spiro atoms. The number of nitrogens with zero attached hydrogens (tertiary/aromatic N) is 2. The van der Waals surface area contributed by atoms with Gasteiger partial charge in [0.1, 0.15) is 0 Å². The van der Waals surface area contributed by atoms with Crippen molar-refractivity contribution in [1.29, 1.82) is 5.26 Å². The van der Waals surface area contributed by atoms with Crippen molar-refractivity contribution in [2.45, 2.75) is 20.3 Å². The highest BCUT2D eigenvalue weighted by molar-refractivity contribution is 7.92. The van der Waals surface area contributed by atoms with Crippen molar-refractivity contribution in [1.82, 2.24) is 0 Å². The number of para-hydroxylation sites is 1. The van der Waals surface area contributed by atoms with Crippen molar-refractivity contribution in [3.8, 4) is 6.07 Å². The molecule has 0 saturated carbocycles. The molecule has 0 radical (unpaired) electrons. The monoisotopic (exact) mass is 371 g/mol. The van der Waals surface area contributed by atoms with Gasteiger partial charge in [0.05, 0.1) is 23.6 Å². The van der Waals surface area contributed by atoms with Gasteiger partial charge < -0.3 is 5.32 Å². The fraction of sp³-hybridized carbons (Fsp3) is 0.263. The van der Waals surface area contributed by atoms with Crippen LogP contribution in [-0.2, 0) is 14.8 Å². The zero-order valence-corrected chi connectivity index (χ0v) is 15.8. The first-order chi connectivity index (χ1) is 12.2. The third-order valence-electron chi connectivity index (χ3n) is 3.91. The summed E-state index contributed by atoms with van der Waals surface area (Å²) in [5.74, 6) is -0.319. The molecule has 6 nitrogen and oxygen atoms in total. The second-order valence-corrected chi connectivity index (χ2v) is 7.97. The van der Waals surface area contributed by atoms with Gasteiger partial charge in [0.15, 0.2) is 0 Å². The van der Waals surface area contributed by atoms with Gasteiger partial charge in [-0.1, -0.05) is 24.3 Å². The summed E-state index contributed by atoms with van der Waals surface area (Å²) in [6.07, 6.45) is 1.13. The van der Waals surface area contributed by atoms with Crippen LogP contribution >= 0.6 is 0 Å². The Morgan fingerprint density at radius 3 is 2.35 bits per heavy atom. The van der Waals surface area contributed by atoms with Crippen LogP contribution in [0.25, 0.3) is 0 Å². The zero-order chi connectivity index (χ0) is 19.3. The lowest BCUT2D eigenvalue weighted by molar-refractivity contribution is -0.116. The fourth-order valence-electron chi connectivity index (χ4n) is 2.74. The molecule has 0 aromatic heterocycles. The molecule has 7 heteroatoms. The van der Waals surface area contributed by atoms with Gasteiger partial charge in [-0.05, 0) is 43.2 Å². The molecule has 0 unspecified atom stereocenters. The first kappa shape index (κ1) is 19.5. The number of nitrogens with one attached hydrogen (secondary N) is 1. The van der Waals surface area contributed by atoms with E-state index in [-0.39, 0.29) is 18.9 Å². The van der Waals surface area contributed by atoms with Gasteiger partial charge in [0.25, 0.3) is 0 Å². The number of anilines is 2. The van der Waals surface area contributed by atoms with Gasteiger partial charge in [-0.3, -0.25) is 9.10 Å². The van der Waals surface area contributed by atoms with Crippen LogP contribution in [0.2, 0.25) is 0 Å². The van der Waals surface area contributed by atoms with Crippen LogP contribution in [0.1, 0.15) is 23.1 Å². The number of benzene rings is 2. The molecule has 2 aromatic carbocycles. The molecular formula is C19H21N3O3S. The van der Waals surface area contributed by atoms with E-state index in [1.807, 2.05) is 38.1 Å². The average molecular weight is 371 g/mol. The maximum absolute atomic E-state index is 12.2. The van der Waals surface area contributed by atoms with Crippen molar-refractivity contribution < 1.29 is 13.2 Å². The molecule has 1 N–H and O–H groups in total. The maximum atomic E-state index is 12.2. The lowest BCUT2D eigenvalue weighted by atomic mass is 10.1. The fourth-order valence-corrected chi connectivity index (χ4v) is 3.78. The first-order valence-corrected chi connectivity index (χ1v) is 9.91. The van der Waals surface area contributed by atoms with Gasteiger partial charge in [-0.15, -0.1) is 0 Å². The van der Waals surface area contributed by atoms with Gasteiger partial charge in [0.2, 0.25) is 15.9 Å². The van der Waals surface area contributed by atoms with Crippen LogP contribution < -0.4 is 9.62 Å². The molecule has 0 aliphatic heterocycles. The lowest BCUT2D eigenvalue weighted by Crippen LogP contribution is -2.34. The maximum Gasteiger partial charge on any atom is 0.232 e. The Morgan fingerprint density at radius 1 is 1.15 bits per heavy atom. The lowest BCUT2D eigenvalue weighted by Gasteiger charge is -2.25. The molecule has 1 amide bonds. The minimum Gasteiger partial charge on any atom is -0.326 e. The summed E-state index contributed by atoms with van der Waals surface area (Å²) in [5, 5.41) is 11.6. The number of nitriles is 1. The van der Waals surface area contributed by atoms with Crippen molar-refractivity contribution in [3.63, 3.8) is 0 Å². The molecule has 26 heavy (non-hydrogen) atoms. The topological polar surface area (TPSA) is 90.3 Å². The van der Waals surface area contributed by atoms with E-state index in [0.29, 0.717) is 16.9 Å². The van der Waals surface area contributed by atoms with Crippen molar-refractivity contribution in [2.75, 3.05) is 22.4 Å². The summed E-state index contributed by atoms with van der Waals surface area (Å²) in [7, 11) is -3.53. The van der Waals surface area contributed by atoms with Crippen LogP contribution in [0.4, 0.5) is 11.4 Å². The minimum absolute atomic E-state index is 0.00236. The average Bonchev–Trinajstić information content (AvgIpc) is 2.56. The van der Waals surface area contributed by atoms with E-state index >= 15 is 0 Å². The quantitative estimate of drug-likeness (QED) is 0.845. The van der Waals surface area contributed by atoms with Crippen molar-refractivity contribution in [3.05, 3.63) is 59.2 Å². The Morgan fingerprint density at radius 2 is 1.77 bits per heavy atom. The number of sulfonamides is 1. The summed E-state index contributed by atoms with van der Waals surface area (Å²) in [5.41, 5.74) is 3.22. The molecule has 0 aliphatic carbocycles. The number of amides is 1. The van der Waals surface area contributed by atoms with E-state index in [4.69, 9.17) is 5.26 Å². The molecule has 136 valence electrons. The second kappa shape index (κ2) is 8.02. The number of aryl methyl sites for hydroxylation is 2. The van der Waals surface area contributed by atoms with Crippen molar-refractivity contribution in [2.24, 2.45) is 0 Å². The molecule has 0 heterocycles. The SMILES string of the molecule is Cc1cccc(C)c1N(CCC(=O)Nc1cccc(C#N)c1)S(C)(=O)=O. The molecule has 0 fully saturated rings. The van der Waals surface area contributed by atoms with E-state index in [9.17, 15) is 13.2 Å². The smallest absolute Gasteiger partial charge is 0.232 e. The predicted octanol–water partition coefficient (Wildman–Crippen LogP) is 2.97. The Balaban J connectivity index is 2.15. The van der Waals surface area contributed by atoms with Crippen molar-refractivity contribution >= 4 is 27.3 Å². The number of carbonyl (C=O) groups excluding carboxylic acids is 1. The second-order valence-electron chi connectivity index (χ2n) is 6.07. The highest BCUT2D eigenvalue weighted by Crippen LogP contribution is 2.27. The Hall–Kier alpha value is -2.85. The molecule has 0 saturated heterocycles. The summed E-state index contributed by atoms with van der Waals surface area (Å²) < 4.78 is 25.8. The molecule has 0 aliphatic rings. The summed E-state index contributed by atoms with van der Waals surface area (Å²) >= 11 is 0. The first-order valence-electron chi connectivity index (χ1n) is 8.06. The largest absolute Gasteiger partial charge is 0.326 e. The normalized spacial score (nSPS) is 10.8. The number of hydrogen-bond donors (Lipinski definition) is 1. The Kier molecular flexibility index (Phi) is 6.01. The van der Waals surface area contributed by atoms with E-state index < -0.39 is 10.0 Å². The highest BCUT2D eigenvalue weighted by Gasteiger charge is 2.21. The number of hydrogen-bond acceptors (Lipinski definition) is 4. The van der Waals surface area contributed by atoms with Gasteiger partial charge in [-0.2, -0.15) is 5.26 Å². The predicted molar refractivity (Wildman–Crippen MR) is 103 cm³/mol. The van der Waals surface area contributed by atoms with Gasteiger partial charge in [0, 0.05) is 18.7 Å². The standard InChI is InChI=1S/C19H21N3O3S/c1-14-6-4-7-15(2)19(14)22(26(3,24)25)11-10-18(23)21-17-9-5-8-16(12-17)13-20/h4-9,12H,10-11H2,1-3H3,(H,21,23). The minimum atomic E-state index is -3.53. The molecular weight excluding hydrogens is 350 g/mol. The highest BCUT2D eigenvalue weighted by atomic mass is 32.2. The van der Waals surface area contributed by atoms with Crippen LogP contribution in [-0.4, -0.2) is 27.1 Å². The van der Waals surface area contributed by atoms with Gasteiger partial charge >= 0.3 is 0 Å². The molecule has 2 rings (SSSR count). The summed E-state index contributed by atoms with van der Waals surface area (Å²) in [6, 6.07) is 14.1. The van der Waals surface area contributed by atoms with Crippen LogP contribution in [0, 0.1) is 25.2 Å². The summed E-state index contributed by atoms with van der Waals surface area (Å²) in [4.78, 5) is 12.2. The molecule has 0 atom stereocenters. The number of carbonyl (C=O) groups is 1. The van der Waals surface area contributed by atoms with E-state index in [0.717, 1.165) is 17.4 Å². The van der Waals surface area contributed by atoms with Crippen LogP contribution in [0.3, 0.4) is 0 Å². The van der Waals surface area contributed by atoms with E-state index in [1.54, 1.807) is 24.3 Å². The summed E-state index contributed by atoms with van der Waals surface area (Å²) in [6.45, 7) is 3.72. The zero-order valence-electron chi connectivity index (χ0n) is 15.0. The third kappa shape index (κ3) is 4.83. The van der Waals surface area contributed by atoms with E-state index in [2.05, 4.69) is 5.32 Å². The molecule has 0 bridgehead atoms. The Labute approximate surface area is 154 Å².